The molecule has 1 unspecified atom stereocenters. The SMILES string of the molecule is CCN(CC(C)O)C1=C(Nc2ccc(OC)nc2)C(=O)c2ccccc2C1=O. The maximum Gasteiger partial charge on any atom is 0.213 e. The fraction of sp³-hybridized carbons (Fsp3) is 0.286. The van der Waals surface area contributed by atoms with Gasteiger partial charge < -0.3 is 20.1 Å². The van der Waals surface area contributed by atoms with Crippen molar-refractivity contribution in [3.63, 3.8) is 0 Å². The summed E-state index contributed by atoms with van der Waals surface area (Å²) in [6.45, 7) is 4.22. The van der Waals surface area contributed by atoms with Crippen molar-refractivity contribution in [1.29, 1.82) is 0 Å². The van der Waals surface area contributed by atoms with Crippen LogP contribution in [0.3, 0.4) is 0 Å². The Bertz CT molecular complexity index is 920. The highest BCUT2D eigenvalue weighted by atomic mass is 16.5. The summed E-state index contributed by atoms with van der Waals surface area (Å²) in [6, 6.07) is 10.1. The molecule has 1 aromatic carbocycles. The van der Waals surface area contributed by atoms with Crippen molar-refractivity contribution in [1.82, 2.24) is 9.88 Å². The van der Waals surface area contributed by atoms with Crippen LogP contribution in [0.15, 0.2) is 54.0 Å². The lowest BCUT2D eigenvalue weighted by atomic mass is 9.89. The van der Waals surface area contributed by atoms with Crippen LogP contribution in [-0.2, 0) is 0 Å². The minimum absolute atomic E-state index is 0.179. The molecule has 3 rings (SSSR count). The molecule has 0 saturated carbocycles. The number of nitrogens with one attached hydrogen (secondary N) is 1. The molecule has 7 nitrogen and oxygen atoms in total. The average Bonchev–Trinajstić information content (AvgIpc) is 2.71. The summed E-state index contributed by atoms with van der Waals surface area (Å²) in [5.74, 6) is -0.0767. The van der Waals surface area contributed by atoms with E-state index in [9.17, 15) is 14.7 Å². The van der Waals surface area contributed by atoms with Gasteiger partial charge in [0.1, 0.15) is 11.4 Å². The first-order valence-corrected chi connectivity index (χ1v) is 9.09. The Morgan fingerprint density at radius 2 is 1.82 bits per heavy atom. The molecule has 1 aliphatic rings. The fourth-order valence-corrected chi connectivity index (χ4v) is 3.20. The van der Waals surface area contributed by atoms with Gasteiger partial charge in [-0.2, -0.15) is 0 Å². The Kier molecular flexibility index (Phi) is 5.75. The molecular weight excluding hydrogens is 358 g/mol. The predicted molar refractivity (Wildman–Crippen MR) is 105 cm³/mol. The van der Waals surface area contributed by atoms with Crippen LogP contribution in [0.2, 0.25) is 0 Å². The van der Waals surface area contributed by atoms with Gasteiger partial charge in [0.2, 0.25) is 17.4 Å². The number of ether oxygens (including phenoxy) is 1. The highest BCUT2D eigenvalue weighted by Crippen LogP contribution is 2.29. The molecule has 1 atom stereocenters. The van der Waals surface area contributed by atoms with Gasteiger partial charge in [-0.15, -0.1) is 0 Å². The van der Waals surface area contributed by atoms with E-state index in [1.54, 1.807) is 48.2 Å². The molecule has 0 fully saturated rings. The van der Waals surface area contributed by atoms with Crippen molar-refractivity contribution < 1.29 is 19.4 Å². The zero-order chi connectivity index (χ0) is 20.3. The zero-order valence-electron chi connectivity index (χ0n) is 16.1. The Balaban J connectivity index is 2.10. The number of likely N-dealkylation sites (N-methyl/N-ethyl adjacent to an activating group) is 1. The Hall–Kier alpha value is -3.19. The summed E-state index contributed by atoms with van der Waals surface area (Å²) >= 11 is 0. The highest BCUT2D eigenvalue weighted by Gasteiger charge is 2.35. The van der Waals surface area contributed by atoms with Crippen molar-refractivity contribution in [2.24, 2.45) is 0 Å². The van der Waals surface area contributed by atoms with Gasteiger partial charge in [0.05, 0.1) is 25.1 Å². The van der Waals surface area contributed by atoms with Crippen LogP contribution in [-0.4, -0.2) is 52.9 Å². The summed E-state index contributed by atoms with van der Waals surface area (Å²) in [4.78, 5) is 32.3. The molecule has 0 bridgehead atoms. The van der Waals surface area contributed by atoms with Crippen molar-refractivity contribution in [3.05, 3.63) is 65.1 Å². The molecule has 1 heterocycles. The quantitative estimate of drug-likeness (QED) is 0.761. The standard InChI is InChI=1S/C21H23N3O4/c1-4-24(12-13(2)25)19-18(23-14-9-10-17(28-3)22-11-14)20(26)15-7-5-6-8-16(15)21(19)27/h5-11,13,23,25H,4,12H2,1-3H3. The van der Waals surface area contributed by atoms with E-state index in [1.165, 1.54) is 13.3 Å². The molecule has 146 valence electrons. The summed E-state index contributed by atoms with van der Waals surface area (Å²) in [5.41, 5.74) is 1.71. The maximum absolute atomic E-state index is 13.2. The lowest BCUT2D eigenvalue weighted by molar-refractivity contribution is 0.0913. The number of anilines is 1. The van der Waals surface area contributed by atoms with Gasteiger partial charge in [0.15, 0.2) is 0 Å². The number of fused-ring (bicyclic) bond motifs is 1. The van der Waals surface area contributed by atoms with Crippen LogP contribution in [0, 0.1) is 0 Å². The summed E-state index contributed by atoms with van der Waals surface area (Å²) in [6.07, 6.45) is 0.878. The number of hydrogen-bond donors (Lipinski definition) is 2. The van der Waals surface area contributed by atoms with E-state index in [4.69, 9.17) is 4.74 Å². The normalized spacial score (nSPS) is 14.6. The van der Waals surface area contributed by atoms with Gasteiger partial charge in [0, 0.05) is 30.3 Å². The summed E-state index contributed by atoms with van der Waals surface area (Å²) in [7, 11) is 1.52. The van der Waals surface area contributed by atoms with Crippen LogP contribution in [0.4, 0.5) is 5.69 Å². The third kappa shape index (κ3) is 3.75. The van der Waals surface area contributed by atoms with E-state index in [0.717, 1.165) is 0 Å². The number of hydrogen-bond acceptors (Lipinski definition) is 7. The molecular formula is C21H23N3O4. The first kappa shape index (κ1) is 19.6. The molecule has 0 radical (unpaired) electrons. The molecule has 28 heavy (non-hydrogen) atoms. The number of pyridine rings is 1. The number of ketones is 2. The first-order chi connectivity index (χ1) is 13.5. The lowest BCUT2D eigenvalue weighted by Crippen LogP contribution is -2.39. The highest BCUT2D eigenvalue weighted by molar-refractivity contribution is 6.27. The number of aromatic nitrogens is 1. The Morgan fingerprint density at radius 3 is 2.36 bits per heavy atom. The second kappa shape index (κ2) is 8.22. The molecule has 0 saturated heterocycles. The van der Waals surface area contributed by atoms with Crippen molar-refractivity contribution in [3.8, 4) is 5.88 Å². The van der Waals surface area contributed by atoms with E-state index < -0.39 is 6.10 Å². The second-order valence-electron chi connectivity index (χ2n) is 6.53. The van der Waals surface area contributed by atoms with Crippen molar-refractivity contribution in [2.75, 3.05) is 25.5 Å². The van der Waals surface area contributed by atoms with E-state index >= 15 is 0 Å². The third-order valence-corrected chi connectivity index (χ3v) is 4.49. The van der Waals surface area contributed by atoms with Gasteiger partial charge in [-0.25, -0.2) is 4.98 Å². The van der Waals surface area contributed by atoms with Crippen LogP contribution < -0.4 is 10.1 Å². The molecule has 0 spiro atoms. The largest absolute Gasteiger partial charge is 0.481 e. The summed E-state index contributed by atoms with van der Waals surface area (Å²) < 4.78 is 5.06. The van der Waals surface area contributed by atoms with Crippen LogP contribution in [0.1, 0.15) is 34.6 Å². The van der Waals surface area contributed by atoms with Gasteiger partial charge in [-0.3, -0.25) is 9.59 Å². The molecule has 7 heteroatoms. The van der Waals surface area contributed by atoms with Gasteiger partial charge >= 0.3 is 0 Å². The monoisotopic (exact) mass is 381 g/mol. The minimum atomic E-state index is -0.656. The Morgan fingerprint density at radius 1 is 1.14 bits per heavy atom. The van der Waals surface area contributed by atoms with E-state index in [2.05, 4.69) is 10.3 Å². The number of methoxy groups -OCH3 is 1. The summed E-state index contributed by atoms with van der Waals surface area (Å²) in [5, 5.41) is 12.9. The second-order valence-corrected chi connectivity index (χ2v) is 6.53. The number of Topliss-reactive ketones (excluding diaryl/α,β-unsaturated/α-hetero) is 2. The fourth-order valence-electron chi connectivity index (χ4n) is 3.20. The number of benzene rings is 1. The predicted octanol–water partition coefficient (Wildman–Crippen LogP) is 2.50. The average molecular weight is 381 g/mol. The molecule has 0 amide bonds. The molecule has 1 aromatic heterocycles. The number of carbonyl (C=O) groups excluding carboxylic acids is 2. The first-order valence-electron chi connectivity index (χ1n) is 9.09. The number of nitrogens with zero attached hydrogens (tertiary/aromatic N) is 2. The number of carbonyl (C=O) groups is 2. The van der Waals surface area contributed by atoms with Crippen molar-refractivity contribution in [2.45, 2.75) is 20.0 Å². The smallest absolute Gasteiger partial charge is 0.213 e. The number of rotatable bonds is 7. The van der Waals surface area contributed by atoms with Crippen LogP contribution in [0.25, 0.3) is 0 Å². The third-order valence-electron chi connectivity index (χ3n) is 4.49. The Labute approximate surface area is 163 Å². The molecule has 1 aliphatic carbocycles. The van der Waals surface area contributed by atoms with Gasteiger partial charge in [-0.05, 0) is 19.9 Å². The van der Waals surface area contributed by atoms with E-state index in [0.29, 0.717) is 29.2 Å². The molecule has 2 N–H and O–H groups in total. The van der Waals surface area contributed by atoms with Gasteiger partial charge in [0.25, 0.3) is 0 Å². The lowest BCUT2D eigenvalue weighted by Gasteiger charge is -2.31. The van der Waals surface area contributed by atoms with Gasteiger partial charge in [-0.1, -0.05) is 24.3 Å². The number of allylic oxidation sites excluding steroid dienone is 2. The number of aliphatic hydroxyl groups is 1. The molecule has 0 aliphatic heterocycles. The minimum Gasteiger partial charge on any atom is -0.481 e. The topological polar surface area (TPSA) is 91.8 Å². The van der Waals surface area contributed by atoms with Crippen LogP contribution >= 0.6 is 0 Å². The van der Waals surface area contributed by atoms with E-state index in [-0.39, 0.29) is 29.5 Å². The zero-order valence-corrected chi connectivity index (χ0v) is 16.1. The van der Waals surface area contributed by atoms with Crippen LogP contribution in [0.5, 0.6) is 5.88 Å². The van der Waals surface area contributed by atoms with E-state index in [1.807, 2.05) is 6.92 Å². The molecule has 2 aromatic rings. The number of aliphatic hydroxyl groups excluding tert-OH is 1. The maximum atomic E-state index is 13.2. The van der Waals surface area contributed by atoms with Crippen molar-refractivity contribution >= 4 is 17.3 Å².